The van der Waals surface area contributed by atoms with Crippen molar-refractivity contribution in [1.82, 2.24) is 14.7 Å². The zero-order chi connectivity index (χ0) is 24.2. The molecule has 10 heteroatoms. The number of carbonyl (C=O) groups is 5. The van der Waals surface area contributed by atoms with Gasteiger partial charge >= 0.3 is 12.1 Å². The second-order valence-corrected chi connectivity index (χ2v) is 8.68. The molecule has 3 aliphatic rings. The van der Waals surface area contributed by atoms with Gasteiger partial charge in [0.05, 0.1) is 23.3 Å². The third-order valence-corrected chi connectivity index (χ3v) is 6.58. The minimum Gasteiger partial charge on any atom is -0.452 e. The van der Waals surface area contributed by atoms with Crippen LogP contribution in [0.4, 0.5) is 4.79 Å². The second-order valence-electron chi connectivity index (χ2n) is 8.68. The molecule has 0 spiro atoms. The summed E-state index contributed by atoms with van der Waals surface area (Å²) in [7, 11) is 0. The number of amides is 4. The number of rotatable bonds is 5. The van der Waals surface area contributed by atoms with Crippen LogP contribution in [0.25, 0.3) is 0 Å². The lowest BCUT2D eigenvalue weighted by Crippen LogP contribution is -2.51. The summed E-state index contributed by atoms with van der Waals surface area (Å²) in [6.07, 6.45) is 4.28. The van der Waals surface area contributed by atoms with E-state index in [0.717, 1.165) is 32.1 Å². The third kappa shape index (κ3) is 4.76. The lowest BCUT2D eigenvalue weighted by Gasteiger charge is -2.33. The van der Waals surface area contributed by atoms with Gasteiger partial charge in [-0.3, -0.25) is 19.3 Å². The Labute approximate surface area is 197 Å². The summed E-state index contributed by atoms with van der Waals surface area (Å²) in [4.78, 5) is 66.8. The molecule has 1 aliphatic carbocycles. The van der Waals surface area contributed by atoms with Crippen LogP contribution in [0.15, 0.2) is 18.2 Å². The summed E-state index contributed by atoms with van der Waals surface area (Å²) in [6, 6.07) is 4.20. The van der Waals surface area contributed by atoms with Gasteiger partial charge in [0.2, 0.25) is 0 Å². The Kier molecular flexibility index (Phi) is 7.14. The summed E-state index contributed by atoms with van der Waals surface area (Å²) in [5.74, 6) is -1.80. The van der Waals surface area contributed by atoms with E-state index in [4.69, 9.17) is 9.47 Å². The quantitative estimate of drug-likeness (QED) is 0.477. The fourth-order valence-electron chi connectivity index (χ4n) is 4.71. The van der Waals surface area contributed by atoms with Gasteiger partial charge in [0.15, 0.2) is 6.61 Å². The summed E-state index contributed by atoms with van der Waals surface area (Å²) in [6.45, 7) is 2.90. The van der Waals surface area contributed by atoms with Crippen LogP contribution in [-0.4, -0.2) is 89.9 Å². The highest BCUT2D eigenvalue weighted by atomic mass is 16.6. The number of fused-ring (bicyclic) bond motifs is 1. The molecule has 0 bridgehead atoms. The highest BCUT2D eigenvalue weighted by molar-refractivity contribution is 6.22. The molecular formula is C24H29N3O7. The van der Waals surface area contributed by atoms with Crippen LogP contribution in [0.2, 0.25) is 0 Å². The molecule has 1 saturated carbocycles. The van der Waals surface area contributed by atoms with Crippen molar-refractivity contribution in [2.75, 3.05) is 39.4 Å². The van der Waals surface area contributed by atoms with Crippen LogP contribution in [0, 0.1) is 0 Å². The molecule has 182 valence electrons. The van der Waals surface area contributed by atoms with E-state index in [1.54, 1.807) is 6.92 Å². The average molecular weight is 472 g/mol. The van der Waals surface area contributed by atoms with Crippen LogP contribution in [0.5, 0.6) is 0 Å². The van der Waals surface area contributed by atoms with Gasteiger partial charge < -0.3 is 19.3 Å². The van der Waals surface area contributed by atoms with Gasteiger partial charge in [-0.1, -0.05) is 19.3 Å². The molecule has 0 atom stereocenters. The number of benzene rings is 1. The molecule has 1 aromatic carbocycles. The zero-order valence-electron chi connectivity index (χ0n) is 19.3. The first kappa shape index (κ1) is 23.7. The van der Waals surface area contributed by atoms with Crippen LogP contribution in [0.3, 0.4) is 0 Å². The maximum atomic E-state index is 12.9. The van der Waals surface area contributed by atoms with Crippen molar-refractivity contribution in [2.45, 2.75) is 45.1 Å². The van der Waals surface area contributed by atoms with Crippen molar-refractivity contribution < 1.29 is 33.4 Å². The lowest BCUT2D eigenvalue weighted by atomic mass is 9.94. The smallest absolute Gasteiger partial charge is 0.409 e. The van der Waals surface area contributed by atoms with E-state index >= 15 is 0 Å². The Balaban J connectivity index is 1.32. The number of piperazine rings is 1. The second kappa shape index (κ2) is 10.2. The third-order valence-electron chi connectivity index (χ3n) is 6.58. The topological polar surface area (TPSA) is 114 Å². The first-order chi connectivity index (χ1) is 16.4. The van der Waals surface area contributed by atoms with Gasteiger partial charge in [-0.05, 0) is 38.0 Å². The number of esters is 1. The van der Waals surface area contributed by atoms with Crippen LogP contribution < -0.4 is 0 Å². The van der Waals surface area contributed by atoms with Gasteiger partial charge in [0, 0.05) is 32.2 Å². The molecule has 34 heavy (non-hydrogen) atoms. The Morgan fingerprint density at radius 3 is 2.21 bits per heavy atom. The van der Waals surface area contributed by atoms with Crippen molar-refractivity contribution in [3.63, 3.8) is 0 Å². The minimum atomic E-state index is -0.738. The van der Waals surface area contributed by atoms with Crippen molar-refractivity contribution in [1.29, 1.82) is 0 Å². The SMILES string of the molecule is CCOC(=O)N1CCN(C(=O)COC(=O)c2ccc3c(c2)C(=O)N(C2CCCCC2)C3=O)CC1. The van der Waals surface area contributed by atoms with E-state index in [1.807, 2.05) is 0 Å². The molecule has 4 rings (SSSR count). The van der Waals surface area contributed by atoms with Gasteiger partial charge in [0.1, 0.15) is 0 Å². The minimum absolute atomic E-state index is 0.0986. The molecule has 2 aliphatic heterocycles. The van der Waals surface area contributed by atoms with Crippen molar-refractivity contribution >= 4 is 29.8 Å². The number of hydrogen-bond acceptors (Lipinski definition) is 7. The monoisotopic (exact) mass is 471 g/mol. The number of imide groups is 1. The first-order valence-electron chi connectivity index (χ1n) is 11.8. The molecule has 0 N–H and O–H groups in total. The van der Waals surface area contributed by atoms with E-state index in [9.17, 15) is 24.0 Å². The number of carbonyl (C=O) groups excluding carboxylic acids is 5. The van der Waals surface area contributed by atoms with Crippen LogP contribution in [0.1, 0.15) is 70.1 Å². The van der Waals surface area contributed by atoms with E-state index < -0.39 is 18.7 Å². The highest BCUT2D eigenvalue weighted by Gasteiger charge is 2.40. The molecule has 0 radical (unpaired) electrons. The number of nitrogens with zero attached hydrogens (tertiary/aromatic N) is 3. The van der Waals surface area contributed by atoms with E-state index in [0.29, 0.717) is 31.7 Å². The van der Waals surface area contributed by atoms with Gasteiger partial charge in [-0.25, -0.2) is 9.59 Å². The summed E-state index contributed by atoms with van der Waals surface area (Å²) in [5.41, 5.74) is 0.611. The molecule has 1 saturated heterocycles. The van der Waals surface area contributed by atoms with Crippen molar-refractivity contribution in [2.24, 2.45) is 0 Å². The summed E-state index contributed by atoms with van der Waals surface area (Å²) < 4.78 is 10.1. The largest absolute Gasteiger partial charge is 0.452 e. The average Bonchev–Trinajstić information content (AvgIpc) is 3.12. The van der Waals surface area contributed by atoms with Crippen molar-refractivity contribution in [3.8, 4) is 0 Å². The van der Waals surface area contributed by atoms with Gasteiger partial charge in [0.25, 0.3) is 17.7 Å². The van der Waals surface area contributed by atoms with E-state index in [1.165, 1.54) is 32.9 Å². The van der Waals surface area contributed by atoms with E-state index in [2.05, 4.69) is 0 Å². The normalized spacial score (nSPS) is 18.7. The summed E-state index contributed by atoms with van der Waals surface area (Å²) in [5, 5.41) is 0. The van der Waals surface area contributed by atoms with Crippen molar-refractivity contribution in [3.05, 3.63) is 34.9 Å². The molecule has 1 aromatic rings. The molecule has 4 amide bonds. The molecular weight excluding hydrogens is 442 g/mol. The number of hydrogen-bond donors (Lipinski definition) is 0. The predicted octanol–water partition coefficient (Wildman–Crippen LogP) is 2.07. The molecule has 0 aromatic heterocycles. The molecule has 2 fully saturated rings. The summed E-state index contributed by atoms with van der Waals surface area (Å²) >= 11 is 0. The lowest BCUT2D eigenvalue weighted by molar-refractivity contribution is -0.136. The zero-order valence-corrected chi connectivity index (χ0v) is 19.3. The maximum Gasteiger partial charge on any atom is 0.409 e. The maximum absolute atomic E-state index is 12.9. The van der Waals surface area contributed by atoms with Crippen LogP contribution in [-0.2, 0) is 14.3 Å². The highest BCUT2D eigenvalue weighted by Crippen LogP contribution is 2.31. The fraction of sp³-hybridized carbons (Fsp3) is 0.542. The van der Waals surface area contributed by atoms with Crippen LogP contribution >= 0.6 is 0 Å². The standard InChI is InChI=1S/C24H29N3O7/c1-2-33-24(32)26-12-10-25(11-13-26)20(28)15-34-23(31)16-8-9-18-19(14-16)22(30)27(21(18)29)17-6-4-3-5-7-17/h8-9,14,17H,2-7,10-13,15H2,1H3. The predicted molar refractivity (Wildman–Crippen MR) is 119 cm³/mol. The molecule has 2 heterocycles. The molecule has 10 nitrogen and oxygen atoms in total. The fourth-order valence-corrected chi connectivity index (χ4v) is 4.71. The Morgan fingerprint density at radius 1 is 0.882 bits per heavy atom. The van der Waals surface area contributed by atoms with Gasteiger partial charge in [-0.15, -0.1) is 0 Å². The molecule has 0 unspecified atom stereocenters. The number of ether oxygens (including phenoxy) is 2. The Bertz CT molecular complexity index is 994. The van der Waals surface area contributed by atoms with E-state index in [-0.39, 0.29) is 41.5 Å². The first-order valence-corrected chi connectivity index (χ1v) is 11.8. The van der Waals surface area contributed by atoms with Gasteiger partial charge in [-0.2, -0.15) is 0 Å². The Hall–Kier alpha value is -3.43. The Morgan fingerprint density at radius 2 is 1.53 bits per heavy atom.